The number of hydrogen-bond donors (Lipinski definition) is 1. The van der Waals surface area contributed by atoms with Crippen LogP contribution in [0.1, 0.15) is 16.7 Å². The maximum atomic E-state index is 12.7. The Labute approximate surface area is 115 Å². The van der Waals surface area contributed by atoms with Gasteiger partial charge in [-0.1, -0.05) is 17.7 Å². The van der Waals surface area contributed by atoms with Gasteiger partial charge in [-0.3, -0.25) is 0 Å². The van der Waals surface area contributed by atoms with E-state index in [0.29, 0.717) is 5.75 Å². The SMILES string of the molecule is Cc1ccc(Oc2cc(N)cc(C(F)(F)F)c2)c(C)c1. The van der Waals surface area contributed by atoms with Crippen LogP contribution in [0.15, 0.2) is 36.4 Å². The molecule has 0 heterocycles. The summed E-state index contributed by atoms with van der Waals surface area (Å²) in [4.78, 5) is 0. The monoisotopic (exact) mass is 281 g/mol. The first-order chi connectivity index (χ1) is 9.25. The van der Waals surface area contributed by atoms with Crippen molar-refractivity contribution < 1.29 is 17.9 Å². The molecule has 0 aliphatic heterocycles. The number of ether oxygens (including phenoxy) is 1. The molecule has 5 heteroatoms. The Balaban J connectivity index is 2.36. The van der Waals surface area contributed by atoms with E-state index in [2.05, 4.69) is 0 Å². The van der Waals surface area contributed by atoms with Gasteiger partial charge in [-0.2, -0.15) is 13.2 Å². The van der Waals surface area contributed by atoms with Gasteiger partial charge in [0.15, 0.2) is 0 Å². The molecule has 2 rings (SSSR count). The number of aryl methyl sites for hydroxylation is 2. The van der Waals surface area contributed by atoms with Gasteiger partial charge in [0.2, 0.25) is 0 Å². The first-order valence-electron chi connectivity index (χ1n) is 5.98. The smallest absolute Gasteiger partial charge is 0.416 e. The standard InChI is InChI=1S/C15H14F3NO/c1-9-3-4-14(10(2)5-9)20-13-7-11(15(16,17)18)6-12(19)8-13/h3-8H,19H2,1-2H3. The molecule has 0 bridgehead atoms. The summed E-state index contributed by atoms with van der Waals surface area (Å²) in [5.41, 5.74) is 6.59. The molecule has 2 aromatic carbocycles. The predicted octanol–water partition coefficient (Wildman–Crippen LogP) is 4.70. The number of hydrogen-bond acceptors (Lipinski definition) is 2. The zero-order valence-corrected chi connectivity index (χ0v) is 11.1. The lowest BCUT2D eigenvalue weighted by Crippen LogP contribution is -2.06. The van der Waals surface area contributed by atoms with Crippen molar-refractivity contribution in [1.82, 2.24) is 0 Å². The number of benzene rings is 2. The van der Waals surface area contributed by atoms with Gasteiger partial charge in [0, 0.05) is 11.8 Å². The van der Waals surface area contributed by atoms with Gasteiger partial charge in [0.25, 0.3) is 0 Å². The first-order valence-corrected chi connectivity index (χ1v) is 5.98. The topological polar surface area (TPSA) is 35.2 Å². The highest BCUT2D eigenvalue weighted by Gasteiger charge is 2.31. The number of alkyl halides is 3. The number of halogens is 3. The maximum Gasteiger partial charge on any atom is 0.416 e. The lowest BCUT2D eigenvalue weighted by Gasteiger charge is -2.13. The molecule has 0 atom stereocenters. The molecule has 2 N–H and O–H groups in total. The first kappa shape index (κ1) is 14.2. The fraction of sp³-hybridized carbons (Fsp3) is 0.200. The van der Waals surface area contributed by atoms with Crippen molar-refractivity contribution in [1.29, 1.82) is 0 Å². The molecule has 2 aromatic rings. The Morgan fingerprint density at radius 1 is 1.00 bits per heavy atom. The fourth-order valence-corrected chi connectivity index (χ4v) is 1.89. The van der Waals surface area contributed by atoms with Gasteiger partial charge in [-0.15, -0.1) is 0 Å². The largest absolute Gasteiger partial charge is 0.457 e. The summed E-state index contributed by atoms with van der Waals surface area (Å²) >= 11 is 0. The fourth-order valence-electron chi connectivity index (χ4n) is 1.89. The molecule has 0 saturated heterocycles. The van der Waals surface area contributed by atoms with Crippen LogP contribution in [-0.4, -0.2) is 0 Å². The molecule has 20 heavy (non-hydrogen) atoms. The lowest BCUT2D eigenvalue weighted by molar-refractivity contribution is -0.137. The highest BCUT2D eigenvalue weighted by Crippen LogP contribution is 2.35. The van der Waals surface area contributed by atoms with E-state index in [9.17, 15) is 13.2 Å². The number of rotatable bonds is 2. The number of nitrogen functional groups attached to an aromatic ring is 1. The highest BCUT2D eigenvalue weighted by molar-refractivity contribution is 5.50. The lowest BCUT2D eigenvalue weighted by atomic mass is 10.1. The third kappa shape index (κ3) is 3.23. The molecule has 0 radical (unpaired) electrons. The third-order valence-corrected chi connectivity index (χ3v) is 2.81. The van der Waals surface area contributed by atoms with E-state index in [-0.39, 0.29) is 11.4 Å². The minimum absolute atomic E-state index is 0.0135. The van der Waals surface area contributed by atoms with Crippen LogP contribution in [0.2, 0.25) is 0 Å². The number of nitrogens with two attached hydrogens (primary N) is 1. The van der Waals surface area contributed by atoms with E-state index >= 15 is 0 Å². The summed E-state index contributed by atoms with van der Waals surface area (Å²) in [5.74, 6) is 0.582. The van der Waals surface area contributed by atoms with Crippen LogP contribution >= 0.6 is 0 Å². The summed E-state index contributed by atoms with van der Waals surface area (Å²) in [6.07, 6.45) is -4.45. The van der Waals surface area contributed by atoms with Crippen LogP contribution < -0.4 is 10.5 Å². The van der Waals surface area contributed by atoms with E-state index in [4.69, 9.17) is 10.5 Å². The molecule has 0 fully saturated rings. The average molecular weight is 281 g/mol. The Morgan fingerprint density at radius 2 is 1.70 bits per heavy atom. The Kier molecular flexibility index (Phi) is 3.61. The van der Waals surface area contributed by atoms with E-state index in [1.807, 2.05) is 26.0 Å². The quantitative estimate of drug-likeness (QED) is 0.810. The summed E-state index contributed by atoms with van der Waals surface area (Å²) < 4.78 is 43.6. The Morgan fingerprint density at radius 3 is 2.30 bits per heavy atom. The minimum atomic E-state index is -4.45. The van der Waals surface area contributed by atoms with Crippen LogP contribution in [0.25, 0.3) is 0 Å². The molecule has 0 unspecified atom stereocenters. The number of anilines is 1. The zero-order chi connectivity index (χ0) is 14.9. The second-order valence-corrected chi connectivity index (χ2v) is 4.66. The van der Waals surface area contributed by atoms with Gasteiger partial charge in [0.05, 0.1) is 5.56 Å². The van der Waals surface area contributed by atoms with E-state index < -0.39 is 11.7 Å². The third-order valence-electron chi connectivity index (χ3n) is 2.81. The van der Waals surface area contributed by atoms with Gasteiger partial charge >= 0.3 is 6.18 Å². The second kappa shape index (κ2) is 5.07. The van der Waals surface area contributed by atoms with Gasteiger partial charge in [0.1, 0.15) is 11.5 Å². The van der Waals surface area contributed by atoms with Crippen molar-refractivity contribution in [3.8, 4) is 11.5 Å². The van der Waals surface area contributed by atoms with Crippen LogP contribution in [0.5, 0.6) is 11.5 Å². The van der Waals surface area contributed by atoms with Crippen LogP contribution in [0.3, 0.4) is 0 Å². The van der Waals surface area contributed by atoms with Crippen LogP contribution in [0, 0.1) is 13.8 Å². The minimum Gasteiger partial charge on any atom is -0.457 e. The van der Waals surface area contributed by atoms with Crippen LogP contribution in [0.4, 0.5) is 18.9 Å². The molecule has 2 nitrogen and oxygen atoms in total. The molecule has 106 valence electrons. The van der Waals surface area contributed by atoms with Crippen molar-refractivity contribution in [2.45, 2.75) is 20.0 Å². The maximum absolute atomic E-state index is 12.7. The molecule has 0 saturated carbocycles. The average Bonchev–Trinajstić information content (AvgIpc) is 2.31. The molecular formula is C15H14F3NO. The summed E-state index contributed by atoms with van der Waals surface area (Å²) in [7, 11) is 0. The Hall–Kier alpha value is -2.17. The summed E-state index contributed by atoms with van der Waals surface area (Å²) in [6, 6.07) is 8.64. The van der Waals surface area contributed by atoms with Crippen molar-refractivity contribution in [3.63, 3.8) is 0 Å². The van der Waals surface area contributed by atoms with Crippen molar-refractivity contribution in [2.24, 2.45) is 0 Å². The van der Waals surface area contributed by atoms with Gasteiger partial charge in [-0.25, -0.2) is 0 Å². The molecular weight excluding hydrogens is 267 g/mol. The van der Waals surface area contributed by atoms with E-state index in [0.717, 1.165) is 23.3 Å². The zero-order valence-electron chi connectivity index (χ0n) is 11.1. The van der Waals surface area contributed by atoms with E-state index in [1.54, 1.807) is 6.07 Å². The van der Waals surface area contributed by atoms with Gasteiger partial charge < -0.3 is 10.5 Å². The molecule has 0 aliphatic carbocycles. The predicted molar refractivity (Wildman–Crippen MR) is 71.8 cm³/mol. The molecule has 0 aliphatic rings. The normalized spacial score (nSPS) is 11.4. The molecule has 0 amide bonds. The van der Waals surface area contributed by atoms with E-state index in [1.165, 1.54) is 6.07 Å². The van der Waals surface area contributed by atoms with Crippen molar-refractivity contribution in [2.75, 3.05) is 5.73 Å². The Bertz CT molecular complexity index is 636. The summed E-state index contributed by atoms with van der Waals surface area (Å²) in [6.45, 7) is 3.76. The van der Waals surface area contributed by atoms with Crippen molar-refractivity contribution in [3.05, 3.63) is 53.1 Å². The van der Waals surface area contributed by atoms with Crippen LogP contribution in [-0.2, 0) is 6.18 Å². The highest BCUT2D eigenvalue weighted by atomic mass is 19.4. The summed E-state index contributed by atoms with van der Waals surface area (Å²) in [5, 5.41) is 0. The van der Waals surface area contributed by atoms with Gasteiger partial charge in [-0.05, 0) is 37.6 Å². The molecule has 0 aromatic heterocycles. The van der Waals surface area contributed by atoms with Crippen molar-refractivity contribution >= 4 is 5.69 Å². The second-order valence-electron chi connectivity index (χ2n) is 4.66. The molecule has 0 spiro atoms.